The first-order valence-electron chi connectivity index (χ1n) is 12.3. The molecule has 1 aromatic heterocycles. The number of methoxy groups -OCH3 is 2. The number of hydrogen-bond acceptors (Lipinski definition) is 10. The normalized spacial score (nSPS) is 12.0. The first-order chi connectivity index (χ1) is 19.3. The molecule has 1 aliphatic carbocycles. The molecule has 0 aliphatic heterocycles. The van der Waals surface area contributed by atoms with E-state index in [1.165, 1.54) is 37.8 Å². The average molecular weight is 566 g/mol. The number of thiophene rings is 1. The largest absolute Gasteiger partial charge is 0.497 e. The number of anilines is 1. The van der Waals surface area contributed by atoms with Gasteiger partial charge in [-0.1, -0.05) is 0 Å². The van der Waals surface area contributed by atoms with E-state index in [4.69, 9.17) is 18.9 Å². The van der Waals surface area contributed by atoms with Crippen molar-refractivity contribution in [3.63, 3.8) is 0 Å². The van der Waals surface area contributed by atoms with E-state index in [1.807, 2.05) is 0 Å². The van der Waals surface area contributed by atoms with Crippen LogP contribution in [0.25, 0.3) is 0 Å². The lowest BCUT2D eigenvalue weighted by Gasteiger charge is -2.10. The molecule has 40 heavy (non-hydrogen) atoms. The first-order valence-corrected chi connectivity index (χ1v) is 13.2. The van der Waals surface area contributed by atoms with Crippen molar-refractivity contribution in [3.8, 4) is 17.2 Å². The molecule has 208 valence electrons. The molecule has 2 N–H and O–H groups in total. The second-order valence-corrected chi connectivity index (χ2v) is 9.57. The predicted molar refractivity (Wildman–Crippen MR) is 148 cm³/mol. The van der Waals surface area contributed by atoms with E-state index in [9.17, 15) is 19.2 Å². The zero-order valence-electron chi connectivity index (χ0n) is 22.1. The van der Waals surface area contributed by atoms with Gasteiger partial charge in [-0.25, -0.2) is 15.0 Å². The number of fused-ring (bicyclic) bond motifs is 1. The Kier molecular flexibility index (Phi) is 9.12. The minimum absolute atomic E-state index is 0.184. The number of carbonyl (C=O) groups excluding carboxylic acids is 4. The molecule has 2 aromatic carbocycles. The molecule has 0 saturated heterocycles. The highest BCUT2D eigenvalue weighted by Crippen LogP contribution is 2.39. The number of benzene rings is 2. The third kappa shape index (κ3) is 6.46. The molecule has 2 amide bonds. The fourth-order valence-electron chi connectivity index (χ4n) is 4.02. The molecule has 0 unspecified atom stereocenters. The predicted octanol–water partition coefficient (Wildman–Crippen LogP) is 3.74. The highest BCUT2D eigenvalue weighted by molar-refractivity contribution is 7.17. The van der Waals surface area contributed by atoms with E-state index >= 15 is 0 Å². The van der Waals surface area contributed by atoms with Gasteiger partial charge in [-0.2, -0.15) is 5.10 Å². The van der Waals surface area contributed by atoms with Gasteiger partial charge in [0, 0.05) is 4.88 Å². The summed E-state index contributed by atoms with van der Waals surface area (Å²) in [6, 6.07) is 11.1. The van der Waals surface area contributed by atoms with Crippen molar-refractivity contribution >= 4 is 46.3 Å². The van der Waals surface area contributed by atoms with Gasteiger partial charge in [0.1, 0.15) is 10.8 Å². The lowest BCUT2D eigenvalue weighted by atomic mass is 10.1. The third-order valence-electron chi connectivity index (χ3n) is 5.93. The number of amides is 2. The molecular formula is C28H27N3O8S. The van der Waals surface area contributed by atoms with E-state index in [0.717, 1.165) is 29.7 Å². The van der Waals surface area contributed by atoms with Gasteiger partial charge in [-0.05, 0) is 79.8 Å². The van der Waals surface area contributed by atoms with Crippen LogP contribution >= 0.6 is 11.3 Å². The highest BCUT2D eigenvalue weighted by Gasteiger charge is 2.29. The second-order valence-electron chi connectivity index (χ2n) is 8.46. The van der Waals surface area contributed by atoms with Crippen molar-refractivity contribution in [2.24, 2.45) is 5.10 Å². The Balaban J connectivity index is 1.37. The van der Waals surface area contributed by atoms with Crippen LogP contribution < -0.4 is 25.0 Å². The van der Waals surface area contributed by atoms with Crippen molar-refractivity contribution < 1.29 is 38.1 Å². The van der Waals surface area contributed by atoms with Crippen LogP contribution in [0.4, 0.5) is 5.00 Å². The van der Waals surface area contributed by atoms with E-state index < -0.39 is 23.8 Å². The minimum Gasteiger partial charge on any atom is -0.497 e. The molecule has 1 aliphatic rings. The molecular weight excluding hydrogens is 538 g/mol. The van der Waals surface area contributed by atoms with Crippen LogP contribution in [-0.2, 0) is 27.2 Å². The van der Waals surface area contributed by atoms with Crippen LogP contribution in [0, 0.1) is 0 Å². The Bertz CT molecular complexity index is 1460. The minimum atomic E-state index is -1.02. The van der Waals surface area contributed by atoms with E-state index in [0.29, 0.717) is 22.4 Å². The summed E-state index contributed by atoms with van der Waals surface area (Å²) in [5, 5.41) is 6.62. The summed E-state index contributed by atoms with van der Waals surface area (Å²) in [4.78, 5) is 50.8. The summed E-state index contributed by atoms with van der Waals surface area (Å²) >= 11 is 1.27. The number of esters is 2. The second kappa shape index (κ2) is 12.9. The van der Waals surface area contributed by atoms with Crippen LogP contribution in [-0.4, -0.2) is 50.8 Å². The van der Waals surface area contributed by atoms with Gasteiger partial charge < -0.3 is 24.3 Å². The monoisotopic (exact) mass is 565 g/mol. The van der Waals surface area contributed by atoms with Crippen molar-refractivity contribution in [2.75, 3.05) is 26.1 Å². The van der Waals surface area contributed by atoms with Gasteiger partial charge in [-0.3, -0.25) is 9.59 Å². The number of ether oxygens (including phenoxy) is 4. The molecule has 0 fully saturated rings. The Morgan fingerprint density at radius 3 is 2.42 bits per heavy atom. The van der Waals surface area contributed by atoms with Gasteiger partial charge in [0.25, 0.3) is 0 Å². The van der Waals surface area contributed by atoms with Crippen LogP contribution in [0.5, 0.6) is 17.2 Å². The third-order valence-corrected chi connectivity index (χ3v) is 7.14. The molecule has 12 heteroatoms. The highest BCUT2D eigenvalue weighted by atomic mass is 32.1. The molecule has 4 rings (SSSR count). The quantitative estimate of drug-likeness (QED) is 0.131. The van der Waals surface area contributed by atoms with E-state index in [-0.39, 0.29) is 23.1 Å². The number of nitrogens with zero attached hydrogens (tertiary/aromatic N) is 1. The van der Waals surface area contributed by atoms with Crippen LogP contribution in [0.2, 0.25) is 0 Å². The molecule has 0 saturated carbocycles. The maximum atomic E-state index is 12.5. The smallest absolute Gasteiger partial charge is 0.343 e. The molecule has 0 atom stereocenters. The van der Waals surface area contributed by atoms with Crippen molar-refractivity contribution in [2.45, 2.75) is 26.2 Å². The molecule has 0 bridgehead atoms. The summed E-state index contributed by atoms with van der Waals surface area (Å²) in [7, 11) is 2.94. The van der Waals surface area contributed by atoms with Crippen LogP contribution in [0.1, 0.15) is 50.1 Å². The summed E-state index contributed by atoms with van der Waals surface area (Å²) in [6.45, 7) is 1.90. The van der Waals surface area contributed by atoms with Gasteiger partial charge in [0.05, 0.1) is 38.2 Å². The molecule has 1 heterocycles. The molecule has 0 radical (unpaired) electrons. The molecule has 11 nitrogen and oxygen atoms in total. The Hall–Kier alpha value is -4.71. The van der Waals surface area contributed by atoms with E-state index in [2.05, 4.69) is 15.8 Å². The number of rotatable bonds is 9. The van der Waals surface area contributed by atoms with Crippen LogP contribution in [0.3, 0.4) is 0 Å². The lowest BCUT2D eigenvalue weighted by molar-refractivity contribution is -0.136. The SMILES string of the molecule is CCOC(=O)c1c(NC(=O)C(=O)N/N=C/c2ccc(OC(=O)c3ccc(OC)cc3)c(OC)c2)sc2c1CCC2. The Morgan fingerprint density at radius 1 is 0.950 bits per heavy atom. The summed E-state index contributed by atoms with van der Waals surface area (Å²) in [5.74, 6) is -2.04. The number of carbonyl (C=O) groups is 4. The maximum Gasteiger partial charge on any atom is 0.343 e. The van der Waals surface area contributed by atoms with Gasteiger partial charge in [0.2, 0.25) is 0 Å². The fourth-order valence-corrected chi connectivity index (χ4v) is 5.29. The number of aryl methyl sites for hydroxylation is 1. The lowest BCUT2D eigenvalue weighted by Crippen LogP contribution is -2.32. The molecule has 3 aromatic rings. The summed E-state index contributed by atoms with van der Waals surface area (Å²) < 4.78 is 21.0. The number of hydrazone groups is 1. The topological polar surface area (TPSA) is 142 Å². The molecule has 0 spiro atoms. The fraction of sp³-hybridized carbons (Fsp3) is 0.250. The Labute approximate surface area is 234 Å². The zero-order valence-corrected chi connectivity index (χ0v) is 22.9. The van der Waals surface area contributed by atoms with Crippen molar-refractivity contribution in [3.05, 3.63) is 69.6 Å². The van der Waals surface area contributed by atoms with Crippen molar-refractivity contribution in [1.29, 1.82) is 0 Å². The zero-order chi connectivity index (χ0) is 28.6. The van der Waals surface area contributed by atoms with Crippen molar-refractivity contribution in [1.82, 2.24) is 5.43 Å². The van der Waals surface area contributed by atoms with Crippen LogP contribution in [0.15, 0.2) is 47.6 Å². The van der Waals surface area contributed by atoms with Gasteiger partial charge in [0.15, 0.2) is 11.5 Å². The maximum absolute atomic E-state index is 12.5. The van der Waals surface area contributed by atoms with E-state index in [1.54, 1.807) is 43.3 Å². The average Bonchev–Trinajstić information content (AvgIpc) is 3.54. The number of nitrogens with one attached hydrogen (secondary N) is 2. The number of hydrogen-bond donors (Lipinski definition) is 2. The summed E-state index contributed by atoms with van der Waals surface area (Å²) in [5.41, 5.74) is 4.16. The first kappa shape index (κ1) is 28.3. The standard InChI is InChI=1S/C28H27N3O8S/c1-4-38-28(35)23-19-6-5-7-22(19)40-26(23)30-24(32)25(33)31-29-15-16-8-13-20(21(14-16)37-3)39-27(34)17-9-11-18(36-2)12-10-17/h8-15H,4-7H2,1-3H3,(H,30,32)(H,31,33)/b29-15+. The Morgan fingerprint density at radius 2 is 1.73 bits per heavy atom. The summed E-state index contributed by atoms with van der Waals surface area (Å²) in [6.07, 6.45) is 3.75. The van der Waals surface area contributed by atoms with Gasteiger partial charge >= 0.3 is 23.8 Å². The van der Waals surface area contributed by atoms with Gasteiger partial charge in [-0.15, -0.1) is 11.3 Å².